The Bertz CT molecular complexity index is 2090. The van der Waals surface area contributed by atoms with Crippen molar-refractivity contribution in [3.63, 3.8) is 0 Å². The lowest BCUT2D eigenvalue weighted by Crippen LogP contribution is -2.52. The van der Waals surface area contributed by atoms with Crippen molar-refractivity contribution in [3.8, 4) is 33.6 Å². The van der Waals surface area contributed by atoms with Gasteiger partial charge in [0.25, 0.3) is 0 Å². The van der Waals surface area contributed by atoms with E-state index in [2.05, 4.69) is 42.5 Å². The van der Waals surface area contributed by atoms with Gasteiger partial charge in [0.05, 0.1) is 38.2 Å². The monoisotopic (exact) mass is 802 g/mol. The number of piperidine rings is 1. The molecule has 4 aromatic rings. The number of aromatic nitrogens is 4. The molecular formula is C40H47ClN8O6S. The highest BCUT2D eigenvalue weighted by atomic mass is 35.5. The third-order valence-corrected chi connectivity index (χ3v) is 12.4. The van der Waals surface area contributed by atoms with Crippen LogP contribution in [-0.2, 0) is 19.1 Å². The van der Waals surface area contributed by atoms with E-state index in [9.17, 15) is 19.2 Å². The fraction of sp³-hybridized carbons (Fsp3) is 0.450. The number of halogens is 1. The maximum Gasteiger partial charge on any atom is 0.407 e. The Balaban J connectivity index is 1.03. The molecule has 4 heterocycles. The van der Waals surface area contributed by atoms with Gasteiger partial charge in [0.15, 0.2) is 0 Å². The molecule has 2 aromatic carbocycles. The predicted molar refractivity (Wildman–Crippen MR) is 214 cm³/mol. The summed E-state index contributed by atoms with van der Waals surface area (Å²) in [6.07, 6.45) is 5.01. The van der Waals surface area contributed by atoms with E-state index >= 15 is 0 Å². The molecule has 4 amide bonds. The zero-order valence-electron chi connectivity index (χ0n) is 32.2. The van der Waals surface area contributed by atoms with Gasteiger partial charge in [0.1, 0.15) is 34.6 Å². The number of hydrogen-bond acceptors (Lipinski definition) is 9. The molecule has 2 aromatic heterocycles. The molecule has 296 valence electrons. The second kappa shape index (κ2) is 16.2. The summed E-state index contributed by atoms with van der Waals surface area (Å²) in [6.45, 7) is 6.02. The first-order chi connectivity index (χ1) is 26.9. The van der Waals surface area contributed by atoms with Crippen molar-refractivity contribution in [2.45, 2.75) is 75.5 Å². The maximum atomic E-state index is 13.8. The van der Waals surface area contributed by atoms with E-state index in [1.54, 1.807) is 29.8 Å². The van der Waals surface area contributed by atoms with Crippen LogP contribution in [0.5, 0.6) is 0 Å². The number of imidazole rings is 2. The Morgan fingerprint density at radius 1 is 0.821 bits per heavy atom. The van der Waals surface area contributed by atoms with Gasteiger partial charge >= 0.3 is 12.2 Å². The van der Waals surface area contributed by atoms with Gasteiger partial charge in [0, 0.05) is 23.4 Å². The Morgan fingerprint density at radius 3 is 2.07 bits per heavy atom. The van der Waals surface area contributed by atoms with Crippen LogP contribution in [0.1, 0.15) is 63.8 Å². The third kappa shape index (κ3) is 7.83. The minimum absolute atomic E-state index is 0.120. The van der Waals surface area contributed by atoms with Crippen molar-refractivity contribution in [2.75, 3.05) is 27.0 Å². The van der Waals surface area contributed by atoms with E-state index in [0.29, 0.717) is 35.0 Å². The van der Waals surface area contributed by atoms with E-state index in [1.165, 1.54) is 14.2 Å². The molecule has 14 nitrogen and oxygen atoms in total. The molecule has 7 atom stereocenters. The Kier molecular flexibility index (Phi) is 11.4. The number of fused-ring (bicyclic) bond motifs is 1. The van der Waals surface area contributed by atoms with Crippen LogP contribution in [0.15, 0.2) is 54.7 Å². The van der Waals surface area contributed by atoms with Gasteiger partial charge in [-0.1, -0.05) is 74.0 Å². The molecule has 2 aliphatic heterocycles. The standard InChI is InChI=1S/C40H47ClN8O6S/c1-20(2)32(46-40(53)55-5)38(51)49-29-15-26(29)16-31(49)36-45-33(34(41)47-36)25-13-9-23(10-14-25)22-7-11-24(12-8-22)28-18-42-35(44-28)30-17-27(56-6)19-48(30)37(50)21(3)43-39(52)54-4/h7-14,18,20-21,26-27,29-32H,15-17,19H2,1-6H3,(H,42,44)(H,43,52)(H,45,47)(H,46,53)/t21-,26+,27-,29+,30-,31-,32-/m0/s1. The van der Waals surface area contributed by atoms with Crippen LogP contribution in [0.25, 0.3) is 33.6 Å². The lowest BCUT2D eigenvalue weighted by molar-refractivity contribution is -0.136. The van der Waals surface area contributed by atoms with Crippen molar-refractivity contribution in [1.29, 1.82) is 0 Å². The first-order valence-corrected chi connectivity index (χ1v) is 20.4. The number of carbonyl (C=O) groups is 4. The van der Waals surface area contributed by atoms with Crippen LogP contribution < -0.4 is 10.6 Å². The van der Waals surface area contributed by atoms with Gasteiger partial charge in [-0.25, -0.2) is 19.6 Å². The number of amides is 4. The summed E-state index contributed by atoms with van der Waals surface area (Å²) in [6, 6.07) is 14.4. The average molecular weight is 803 g/mol. The smallest absolute Gasteiger partial charge is 0.407 e. The number of methoxy groups -OCH3 is 2. The highest BCUT2D eigenvalue weighted by Gasteiger charge is 2.56. The summed E-state index contributed by atoms with van der Waals surface area (Å²) in [5.41, 5.74) is 5.29. The largest absolute Gasteiger partial charge is 0.453 e. The van der Waals surface area contributed by atoms with Gasteiger partial charge in [-0.2, -0.15) is 11.8 Å². The van der Waals surface area contributed by atoms with Crippen LogP contribution in [0.2, 0.25) is 5.15 Å². The van der Waals surface area contributed by atoms with Crippen LogP contribution >= 0.6 is 23.4 Å². The van der Waals surface area contributed by atoms with Crippen molar-refractivity contribution < 1.29 is 28.7 Å². The number of nitrogens with one attached hydrogen (secondary N) is 4. The Hall–Kier alpha value is -5.02. The van der Waals surface area contributed by atoms with Crippen molar-refractivity contribution in [1.82, 2.24) is 40.4 Å². The number of benzene rings is 2. The molecule has 16 heteroatoms. The number of ether oxygens (including phenoxy) is 2. The van der Waals surface area contributed by atoms with E-state index in [-0.39, 0.29) is 41.1 Å². The van der Waals surface area contributed by atoms with Gasteiger partial charge in [0.2, 0.25) is 11.8 Å². The molecule has 0 unspecified atom stereocenters. The number of H-pyrrole nitrogens is 2. The molecular weight excluding hydrogens is 756 g/mol. The van der Waals surface area contributed by atoms with Crippen LogP contribution in [0, 0.1) is 11.8 Å². The van der Waals surface area contributed by atoms with Gasteiger partial charge in [-0.3, -0.25) is 9.59 Å². The molecule has 0 spiro atoms. The number of rotatable bonds is 11. The van der Waals surface area contributed by atoms with Crippen LogP contribution in [0.4, 0.5) is 9.59 Å². The molecule has 0 radical (unpaired) electrons. The average Bonchev–Trinajstić information content (AvgIpc) is 3.65. The summed E-state index contributed by atoms with van der Waals surface area (Å²) in [5, 5.41) is 5.95. The number of nitrogens with zero attached hydrogens (tertiary/aromatic N) is 4. The van der Waals surface area contributed by atoms with Crippen molar-refractivity contribution in [2.24, 2.45) is 11.8 Å². The van der Waals surface area contributed by atoms with E-state index in [4.69, 9.17) is 21.3 Å². The minimum Gasteiger partial charge on any atom is -0.453 e. The van der Waals surface area contributed by atoms with Gasteiger partial charge in [-0.15, -0.1) is 0 Å². The summed E-state index contributed by atoms with van der Waals surface area (Å²) in [4.78, 5) is 70.9. The molecule has 4 N–H and O–H groups in total. The quantitative estimate of drug-likeness (QED) is 0.131. The number of hydrogen-bond donors (Lipinski definition) is 4. The van der Waals surface area contributed by atoms with E-state index < -0.39 is 24.3 Å². The lowest BCUT2D eigenvalue weighted by atomic mass is 10.0. The molecule has 1 aliphatic carbocycles. The molecule has 3 aliphatic rings. The molecule has 0 bridgehead atoms. The normalized spacial score (nSPS) is 22.4. The molecule has 7 rings (SSSR count). The molecule has 56 heavy (non-hydrogen) atoms. The minimum atomic E-state index is -0.734. The number of carbonyl (C=O) groups excluding carboxylic acids is 4. The van der Waals surface area contributed by atoms with Crippen molar-refractivity contribution >= 4 is 47.4 Å². The second-order valence-electron chi connectivity index (χ2n) is 15.0. The Morgan fingerprint density at radius 2 is 1.45 bits per heavy atom. The molecule has 3 fully saturated rings. The van der Waals surface area contributed by atoms with Crippen molar-refractivity contribution in [3.05, 3.63) is 71.5 Å². The number of alkyl carbamates (subject to hydrolysis) is 2. The summed E-state index contributed by atoms with van der Waals surface area (Å²) in [5.74, 6) is 1.28. The number of aromatic amines is 2. The molecule has 1 saturated carbocycles. The summed E-state index contributed by atoms with van der Waals surface area (Å²) in [7, 11) is 2.56. The third-order valence-electron chi connectivity index (χ3n) is 11.1. The first kappa shape index (κ1) is 39.2. The lowest BCUT2D eigenvalue weighted by Gasteiger charge is -2.31. The predicted octanol–water partition coefficient (Wildman–Crippen LogP) is 6.58. The van der Waals surface area contributed by atoms with E-state index in [1.807, 2.05) is 61.4 Å². The second-order valence-corrected chi connectivity index (χ2v) is 16.5. The number of thioether (sulfide) groups is 1. The van der Waals surface area contributed by atoms with E-state index in [0.717, 1.165) is 47.2 Å². The zero-order chi connectivity index (χ0) is 39.8. The fourth-order valence-corrected chi connectivity index (χ4v) is 8.86. The first-order valence-electron chi connectivity index (χ1n) is 18.8. The highest BCUT2D eigenvalue weighted by molar-refractivity contribution is 7.99. The summed E-state index contributed by atoms with van der Waals surface area (Å²) < 4.78 is 9.47. The highest BCUT2D eigenvalue weighted by Crippen LogP contribution is 2.53. The summed E-state index contributed by atoms with van der Waals surface area (Å²) >= 11 is 8.45. The van der Waals surface area contributed by atoms with Crippen LogP contribution in [-0.4, -0.2) is 104 Å². The van der Waals surface area contributed by atoms with Crippen LogP contribution in [0.3, 0.4) is 0 Å². The zero-order valence-corrected chi connectivity index (χ0v) is 33.7. The van der Waals surface area contributed by atoms with Gasteiger partial charge < -0.3 is 39.9 Å². The maximum absolute atomic E-state index is 13.8. The molecule has 2 saturated heterocycles. The topological polar surface area (TPSA) is 175 Å². The van der Waals surface area contributed by atoms with Gasteiger partial charge in [-0.05, 0) is 61.0 Å². The Labute approximate surface area is 334 Å². The SMILES string of the molecule is COC(=O)N[C@@H](C)C(=O)N1C[C@@H](SC)C[C@H]1c1ncc(-c2ccc(-c3ccc(-c4nc([C@@H]5C[C@H]6C[C@H]6N5C(=O)[C@@H](NC(=O)OC)C(C)C)[nH]c4Cl)cc3)cc2)[nH]1. The fourth-order valence-electron chi connectivity index (χ4n) is 7.93. The number of likely N-dealkylation sites (tertiary alicyclic amines) is 2.